The molecule has 0 saturated heterocycles. The van der Waals surface area contributed by atoms with Gasteiger partial charge in [0.15, 0.2) is 0 Å². The van der Waals surface area contributed by atoms with E-state index in [0.717, 1.165) is 0 Å². The first-order chi connectivity index (χ1) is 6.04. The molecule has 0 unspecified atom stereocenters. The average molecular weight is 229 g/mol. The number of aliphatic carboxylic acids is 2. The Kier molecular flexibility index (Phi) is 6.87. The van der Waals surface area contributed by atoms with Crippen LogP contribution in [0.3, 0.4) is 0 Å². The highest BCUT2D eigenvalue weighted by Crippen LogP contribution is 1.86. The first kappa shape index (κ1) is 15.3. The summed E-state index contributed by atoms with van der Waals surface area (Å²) in [5.41, 5.74) is 4.84. The van der Waals surface area contributed by atoms with Crippen molar-refractivity contribution in [2.75, 3.05) is 6.26 Å². The minimum Gasteiger partial charge on any atom is -0.481 e. The summed E-state index contributed by atoms with van der Waals surface area (Å²) in [5, 5.41) is 16.0. The fourth-order valence-corrected chi connectivity index (χ4v) is 0.275. The standard InChI is InChI=1S/C4H7NO4.CH4O3S/c5-2(4(8)9)1-3(6)7;1-5(2,3)4/h2H,1,5H2,(H,6,7)(H,8,9);1H3,(H,2,3,4)/t2-;/m0./s1. The molecule has 9 heteroatoms. The van der Waals surface area contributed by atoms with Crippen LogP contribution in [0, 0.1) is 0 Å². The van der Waals surface area contributed by atoms with Crippen LogP contribution in [0.2, 0.25) is 0 Å². The van der Waals surface area contributed by atoms with Crippen molar-refractivity contribution in [3.8, 4) is 0 Å². The van der Waals surface area contributed by atoms with E-state index in [2.05, 4.69) is 0 Å². The molecule has 0 spiro atoms. The number of hydrogen-bond acceptors (Lipinski definition) is 5. The molecule has 5 N–H and O–H groups in total. The van der Waals surface area contributed by atoms with Crippen molar-refractivity contribution in [3.05, 3.63) is 0 Å². The van der Waals surface area contributed by atoms with E-state index in [1.807, 2.05) is 0 Å². The average Bonchev–Trinajstić information content (AvgIpc) is 1.80. The molecule has 0 bridgehead atoms. The van der Waals surface area contributed by atoms with Crippen molar-refractivity contribution in [2.45, 2.75) is 12.5 Å². The molecule has 0 aliphatic rings. The number of carboxylic acid groups (broad SMARTS) is 2. The van der Waals surface area contributed by atoms with E-state index >= 15 is 0 Å². The molecule has 84 valence electrons. The van der Waals surface area contributed by atoms with Crippen LogP contribution in [-0.4, -0.2) is 47.4 Å². The molecule has 0 aliphatic heterocycles. The van der Waals surface area contributed by atoms with Crippen molar-refractivity contribution in [1.29, 1.82) is 0 Å². The summed E-state index contributed by atoms with van der Waals surface area (Å²) in [6.45, 7) is 0. The van der Waals surface area contributed by atoms with Gasteiger partial charge in [-0.2, -0.15) is 8.42 Å². The van der Waals surface area contributed by atoms with Gasteiger partial charge in [-0.05, 0) is 0 Å². The maximum atomic E-state index is 9.85. The van der Waals surface area contributed by atoms with E-state index in [0.29, 0.717) is 6.26 Å². The summed E-state index contributed by atoms with van der Waals surface area (Å²) < 4.78 is 25.9. The van der Waals surface area contributed by atoms with Gasteiger partial charge in [0.1, 0.15) is 6.04 Å². The second-order valence-electron chi connectivity index (χ2n) is 2.28. The Morgan fingerprint density at radius 1 is 1.36 bits per heavy atom. The molecular formula is C5H11NO7S. The van der Waals surface area contributed by atoms with Crippen molar-refractivity contribution in [1.82, 2.24) is 0 Å². The van der Waals surface area contributed by atoms with E-state index < -0.39 is 34.5 Å². The molecule has 0 aliphatic carbocycles. The fourth-order valence-electron chi connectivity index (χ4n) is 0.275. The van der Waals surface area contributed by atoms with Crippen molar-refractivity contribution in [2.24, 2.45) is 5.73 Å². The quantitative estimate of drug-likeness (QED) is 0.420. The van der Waals surface area contributed by atoms with Gasteiger partial charge in [0.25, 0.3) is 10.1 Å². The van der Waals surface area contributed by atoms with Crippen LogP contribution in [0.5, 0.6) is 0 Å². The molecule has 0 amide bonds. The first-order valence-electron chi connectivity index (χ1n) is 3.16. The number of hydrogen-bond donors (Lipinski definition) is 4. The highest BCUT2D eigenvalue weighted by Gasteiger charge is 2.14. The van der Waals surface area contributed by atoms with E-state index in [1.165, 1.54) is 0 Å². The van der Waals surface area contributed by atoms with Gasteiger partial charge < -0.3 is 15.9 Å². The molecule has 0 fully saturated rings. The zero-order chi connectivity index (χ0) is 11.9. The van der Waals surface area contributed by atoms with Crippen molar-refractivity contribution < 1.29 is 32.8 Å². The van der Waals surface area contributed by atoms with E-state index in [4.69, 9.17) is 20.5 Å². The van der Waals surface area contributed by atoms with Crippen molar-refractivity contribution >= 4 is 22.1 Å². The van der Waals surface area contributed by atoms with Gasteiger partial charge in [0.05, 0.1) is 12.7 Å². The lowest BCUT2D eigenvalue weighted by molar-refractivity contribution is -0.144. The minimum absolute atomic E-state index is 0.532. The van der Waals surface area contributed by atoms with E-state index in [1.54, 1.807) is 0 Å². The van der Waals surface area contributed by atoms with Crippen LogP contribution in [0.4, 0.5) is 0 Å². The third-order valence-corrected chi connectivity index (χ3v) is 0.712. The van der Waals surface area contributed by atoms with Gasteiger partial charge in [-0.3, -0.25) is 14.1 Å². The zero-order valence-corrected chi connectivity index (χ0v) is 8.06. The van der Waals surface area contributed by atoms with Gasteiger partial charge in [0.2, 0.25) is 0 Å². The summed E-state index contributed by atoms with van der Waals surface area (Å²) in [4.78, 5) is 19.6. The molecule has 0 aromatic rings. The molecule has 0 aromatic carbocycles. The molecule has 8 nitrogen and oxygen atoms in total. The van der Waals surface area contributed by atoms with Crippen LogP contribution in [0.25, 0.3) is 0 Å². The minimum atomic E-state index is -3.67. The van der Waals surface area contributed by atoms with Crippen molar-refractivity contribution in [3.63, 3.8) is 0 Å². The Bertz CT molecular complexity index is 287. The SMILES string of the molecule is CS(=O)(=O)O.N[C@@H](CC(=O)O)C(=O)O. The van der Waals surface area contributed by atoms with Gasteiger partial charge in [-0.1, -0.05) is 0 Å². The normalized spacial score (nSPS) is 12.2. The highest BCUT2D eigenvalue weighted by atomic mass is 32.2. The van der Waals surface area contributed by atoms with Gasteiger partial charge >= 0.3 is 11.9 Å². The smallest absolute Gasteiger partial charge is 0.321 e. The number of nitrogens with two attached hydrogens (primary N) is 1. The Morgan fingerprint density at radius 2 is 1.64 bits per heavy atom. The summed E-state index contributed by atoms with van der Waals surface area (Å²) >= 11 is 0. The largest absolute Gasteiger partial charge is 0.481 e. The molecule has 14 heavy (non-hydrogen) atoms. The fraction of sp³-hybridized carbons (Fsp3) is 0.600. The topological polar surface area (TPSA) is 155 Å². The van der Waals surface area contributed by atoms with E-state index in [9.17, 15) is 18.0 Å². The second-order valence-corrected chi connectivity index (χ2v) is 3.74. The molecule has 1 atom stereocenters. The van der Waals surface area contributed by atoms with Gasteiger partial charge in [-0.25, -0.2) is 0 Å². The van der Waals surface area contributed by atoms with Crippen LogP contribution < -0.4 is 5.73 Å². The third kappa shape index (κ3) is 22.4. The lowest BCUT2D eigenvalue weighted by Crippen LogP contribution is -2.32. The Balaban J connectivity index is 0. The monoisotopic (exact) mass is 229 g/mol. The van der Waals surface area contributed by atoms with Gasteiger partial charge in [-0.15, -0.1) is 0 Å². The number of rotatable bonds is 3. The van der Waals surface area contributed by atoms with Crippen LogP contribution >= 0.6 is 0 Å². The van der Waals surface area contributed by atoms with Crippen LogP contribution in [-0.2, 0) is 19.7 Å². The second kappa shape index (κ2) is 6.29. The maximum absolute atomic E-state index is 9.85. The third-order valence-electron chi connectivity index (χ3n) is 0.712. The molecule has 0 radical (unpaired) electrons. The molecule has 0 heterocycles. The van der Waals surface area contributed by atoms with Crippen LogP contribution in [0.1, 0.15) is 6.42 Å². The maximum Gasteiger partial charge on any atom is 0.321 e. The highest BCUT2D eigenvalue weighted by molar-refractivity contribution is 7.85. The number of carbonyl (C=O) groups is 2. The Morgan fingerprint density at radius 3 is 1.71 bits per heavy atom. The predicted molar refractivity (Wildman–Crippen MR) is 45.3 cm³/mol. The predicted octanol–water partition coefficient (Wildman–Crippen LogP) is -1.62. The number of carboxylic acids is 2. The lowest BCUT2D eigenvalue weighted by Gasteiger charge is -1.99. The summed E-state index contributed by atoms with van der Waals surface area (Å²) in [6, 6.07) is -1.29. The molecule has 0 rings (SSSR count). The van der Waals surface area contributed by atoms with Crippen LogP contribution in [0.15, 0.2) is 0 Å². The Labute approximate surface area is 80.1 Å². The Hall–Kier alpha value is -1.19. The summed E-state index contributed by atoms with van der Waals surface area (Å²) in [7, 11) is -3.67. The lowest BCUT2D eigenvalue weighted by atomic mass is 10.2. The van der Waals surface area contributed by atoms with E-state index in [-0.39, 0.29) is 0 Å². The first-order valence-corrected chi connectivity index (χ1v) is 5.01. The summed E-state index contributed by atoms with van der Waals surface area (Å²) in [6.07, 6.45) is 0.183. The zero-order valence-electron chi connectivity index (χ0n) is 7.24. The summed E-state index contributed by atoms with van der Waals surface area (Å²) in [5.74, 6) is -2.50. The molecule has 0 aromatic heterocycles. The molecular weight excluding hydrogens is 218 g/mol. The molecule has 0 saturated carbocycles. The van der Waals surface area contributed by atoms with Gasteiger partial charge in [0, 0.05) is 0 Å².